The molecule has 0 radical (unpaired) electrons. The summed E-state index contributed by atoms with van der Waals surface area (Å²) in [4.78, 5) is 21.0. The molecule has 174 valence electrons. The van der Waals surface area contributed by atoms with E-state index in [1.54, 1.807) is 56.7 Å². The normalized spacial score (nSPS) is 11.5. The van der Waals surface area contributed by atoms with Crippen molar-refractivity contribution in [2.24, 2.45) is 0 Å². The van der Waals surface area contributed by atoms with Crippen LogP contribution >= 0.6 is 0 Å². The van der Waals surface area contributed by atoms with Crippen molar-refractivity contribution in [1.82, 2.24) is 9.97 Å². The SMILES string of the molecule is COc1cc(Nc2nc3ccccc3nc2NS(=O)c2ccc(NC(C)=O)cc2)cc(OC)c1. The number of fused-ring (bicyclic) bond motifs is 1. The Kier molecular flexibility index (Phi) is 6.88. The summed E-state index contributed by atoms with van der Waals surface area (Å²) in [6.07, 6.45) is 0. The van der Waals surface area contributed by atoms with Gasteiger partial charge < -0.3 is 20.1 Å². The Morgan fingerprint density at radius 3 is 1.97 bits per heavy atom. The lowest BCUT2D eigenvalue weighted by Crippen LogP contribution is -2.10. The lowest BCUT2D eigenvalue weighted by molar-refractivity contribution is -0.114. The molecular weight excluding hydrogens is 454 g/mol. The number of ether oxygens (including phenoxy) is 2. The average Bonchev–Trinajstić information content (AvgIpc) is 2.84. The third-order valence-corrected chi connectivity index (χ3v) is 5.84. The highest BCUT2D eigenvalue weighted by Gasteiger charge is 2.14. The van der Waals surface area contributed by atoms with Crippen molar-refractivity contribution < 1.29 is 18.5 Å². The second-order valence-electron chi connectivity index (χ2n) is 7.21. The summed E-state index contributed by atoms with van der Waals surface area (Å²) >= 11 is 0. The molecule has 1 heterocycles. The van der Waals surface area contributed by atoms with Gasteiger partial charge in [-0.05, 0) is 36.4 Å². The number of carbonyl (C=O) groups is 1. The maximum absolute atomic E-state index is 13.1. The number of hydrogen-bond donors (Lipinski definition) is 3. The molecule has 0 saturated carbocycles. The molecule has 9 nitrogen and oxygen atoms in total. The molecule has 1 unspecified atom stereocenters. The van der Waals surface area contributed by atoms with E-state index < -0.39 is 11.0 Å². The molecule has 10 heteroatoms. The average molecular weight is 478 g/mol. The second kappa shape index (κ2) is 10.2. The van der Waals surface area contributed by atoms with Crippen LogP contribution in [0.2, 0.25) is 0 Å². The van der Waals surface area contributed by atoms with Gasteiger partial charge in [0.2, 0.25) is 5.91 Å². The maximum Gasteiger partial charge on any atom is 0.221 e. The fourth-order valence-electron chi connectivity index (χ4n) is 3.19. The van der Waals surface area contributed by atoms with Crippen LogP contribution in [0.3, 0.4) is 0 Å². The van der Waals surface area contributed by atoms with E-state index in [9.17, 15) is 9.00 Å². The Balaban J connectivity index is 1.67. The first-order valence-corrected chi connectivity index (χ1v) is 11.4. The molecule has 0 fully saturated rings. The molecule has 3 aromatic carbocycles. The van der Waals surface area contributed by atoms with Gasteiger partial charge in [-0.25, -0.2) is 14.2 Å². The van der Waals surface area contributed by atoms with Crippen molar-refractivity contribution in [2.45, 2.75) is 11.8 Å². The van der Waals surface area contributed by atoms with Gasteiger partial charge in [-0.15, -0.1) is 0 Å². The molecule has 3 N–H and O–H groups in total. The lowest BCUT2D eigenvalue weighted by atomic mass is 10.2. The molecule has 1 aromatic heterocycles. The molecule has 0 spiro atoms. The Morgan fingerprint density at radius 1 is 0.824 bits per heavy atom. The monoisotopic (exact) mass is 477 g/mol. The summed E-state index contributed by atoms with van der Waals surface area (Å²) in [5.74, 6) is 1.73. The van der Waals surface area contributed by atoms with Gasteiger partial charge in [0.15, 0.2) is 22.6 Å². The zero-order chi connectivity index (χ0) is 24.1. The highest BCUT2D eigenvalue weighted by molar-refractivity contribution is 7.86. The van der Waals surface area contributed by atoms with E-state index in [0.717, 1.165) is 0 Å². The number of aromatic nitrogens is 2. The second-order valence-corrected chi connectivity index (χ2v) is 8.43. The van der Waals surface area contributed by atoms with Crippen LogP contribution in [0, 0.1) is 0 Å². The van der Waals surface area contributed by atoms with Crippen molar-refractivity contribution >= 4 is 50.9 Å². The quantitative estimate of drug-likeness (QED) is 0.343. The smallest absolute Gasteiger partial charge is 0.221 e. The van der Waals surface area contributed by atoms with Crippen LogP contribution in [0.15, 0.2) is 71.6 Å². The molecule has 1 atom stereocenters. The van der Waals surface area contributed by atoms with E-state index in [1.807, 2.05) is 24.3 Å². The van der Waals surface area contributed by atoms with Gasteiger partial charge in [0.25, 0.3) is 0 Å². The van der Waals surface area contributed by atoms with E-state index in [4.69, 9.17) is 9.47 Å². The number of nitrogens with one attached hydrogen (secondary N) is 3. The van der Waals surface area contributed by atoms with E-state index in [2.05, 4.69) is 25.3 Å². The van der Waals surface area contributed by atoms with Gasteiger partial charge in [-0.2, -0.15) is 0 Å². The zero-order valence-electron chi connectivity index (χ0n) is 18.8. The summed E-state index contributed by atoms with van der Waals surface area (Å²) in [6, 6.07) is 19.5. The zero-order valence-corrected chi connectivity index (χ0v) is 19.6. The molecule has 0 aliphatic heterocycles. The Labute approximate surface area is 199 Å². The minimum atomic E-state index is -1.63. The Bertz CT molecular complexity index is 1340. The van der Waals surface area contributed by atoms with E-state index in [1.165, 1.54) is 6.92 Å². The summed E-state index contributed by atoms with van der Waals surface area (Å²) < 4.78 is 26.7. The van der Waals surface area contributed by atoms with E-state index >= 15 is 0 Å². The summed E-state index contributed by atoms with van der Waals surface area (Å²) in [7, 11) is 1.51. The standard InChI is InChI=1S/C24H23N5O4S/c1-15(30)25-16-8-10-20(11-9-16)34(31)29-24-23(27-21-6-4-5-7-22(21)28-24)26-17-12-18(32-2)14-19(13-17)33-3/h4-14H,1-3H3,(H,25,30)(H,26,27)(H,28,29). The Hall–Kier alpha value is -4.18. The largest absolute Gasteiger partial charge is 0.497 e. The number of benzene rings is 3. The van der Waals surface area contributed by atoms with Gasteiger partial charge >= 0.3 is 0 Å². The molecule has 4 rings (SSSR count). The van der Waals surface area contributed by atoms with Crippen LogP contribution < -0.4 is 24.8 Å². The molecule has 0 bridgehead atoms. The van der Waals surface area contributed by atoms with Crippen molar-refractivity contribution in [3.8, 4) is 11.5 Å². The van der Waals surface area contributed by atoms with E-state index in [0.29, 0.717) is 50.4 Å². The van der Waals surface area contributed by atoms with Crippen molar-refractivity contribution in [3.63, 3.8) is 0 Å². The highest BCUT2D eigenvalue weighted by atomic mass is 32.2. The number of carbonyl (C=O) groups excluding carboxylic acids is 1. The van der Waals surface area contributed by atoms with Crippen LogP contribution in [0.4, 0.5) is 23.0 Å². The topological polar surface area (TPSA) is 114 Å². The van der Waals surface area contributed by atoms with Crippen molar-refractivity contribution in [1.29, 1.82) is 0 Å². The minimum absolute atomic E-state index is 0.177. The van der Waals surface area contributed by atoms with Crippen LogP contribution in [-0.4, -0.2) is 34.3 Å². The summed E-state index contributed by atoms with van der Waals surface area (Å²) in [6.45, 7) is 1.43. The molecule has 4 aromatic rings. The fourth-order valence-corrected chi connectivity index (χ4v) is 4.01. The number of nitrogens with zero attached hydrogens (tertiary/aromatic N) is 2. The first-order chi connectivity index (χ1) is 16.4. The number of hydrogen-bond acceptors (Lipinski definition) is 7. The Morgan fingerprint density at radius 2 is 1.41 bits per heavy atom. The molecular formula is C24H23N5O4S. The fraction of sp³-hybridized carbons (Fsp3) is 0.125. The van der Waals surface area contributed by atoms with Gasteiger partial charge in [0.1, 0.15) is 11.5 Å². The number of para-hydroxylation sites is 2. The molecule has 1 amide bonds. The van der Waals surface area contributed by atoms with Gasteiger partial charge in [0, 0.05) is 36.5 Å². The molecule has 34 heavy (non-hydrogen) atoms. The number of amides is 1. The van der Waals surface area contributed by atoms with E-state index in [-0.39, 0.29) is 5.91 Å². The minimum Gasteiger partial charge on any atom is -0.497 e. The van der Waals surface area contributed by atoms with Gasteiger partial charge in [0.05, 0.1) is 30.1 Å². The number of methoxy groups -OCH3 is 2. The first-order valence-electron chi connectivity index (χ1n) is 10.3. The third-order valence-electron chi connectivity index (χ3n) is 4.76. The number of anilines is 4. The van der Waals surface area contributed by atoms with Crippen LogP contribution in [0.1, 0.15) is 6.92 Å². The molecule has 0 aliphatic carbocycles. The van der Waals surface area contributed by atoms with Crippen LogP contribution in [0.25, 0.3) is 11.0 Å². The predicted octanol–water partition coefficient (Wildman–Crippen LogP) is 4.48. The molecule has 0 aliphatic rings. The third kappa shape index (κ3) is 5.41. The maximum atomic E-state index is 13.1. The van der Waals surface area contributed by atoms with Gasteiger partial charge in [-0.1, -0.05) is 12.1 Å². The first kappa shape index (κ1) is 23.0. The van der Waals surface area contributed by atoms with Crippen molar-refractivity contribution in [3.05, 3.63) is 66.7 Å². The van der Waals surface area contributed by atoms with Crippen LogP contribution in [-0.2, 0) is 15.8 Å². The highest BCUT2D eigenvalue weighted by Crippen LogP contribution is 2.31. The number of rotatable bonds is 8. The summed E-state index contributed by atoms with van der Waals surface area (Å²) in [5, 5.41) is 5.91. The van der Waals surface area contributed by atoms with Crippen LogP contribution in [0.5, 0.6) is 11.5 Å². The summed E-state index contributed by atoms with van der Waals surface area (Å²) in [5.41, 5.74) is 2.61. The van der Waals surface area contributed by atoms with Gasteiger partial charge in [-0.3, -0.25) is 9.52 Å². The van der Waals surface area contributed by atoms with Crippen molar-refractivity contribution in [2.75, 3.05) is 29.6 Å². The lowest BCUT2D eigenvalue weighted by Gasteiger charge is -2.14. The predicted molar refractivity (Wildman–Crippen MR) is 133 cm³/mol. The molecule has 0 saturated heterocycles.